The summed E-state index contributed by atoms with van der Waals surface area (Å²) in [6.07, 6.45) is -0.535. The van der Waals surface area contributed by atoms with E-state index < -0.39 is 23.9 Å². The maximum atomic E-state index is 12.9. The molecule has 2 N–H and O–H groups in total. The first-order valence-corrected chi connectivity index (χ1v) is 10.5. The van der Waals surface area contributed by atoms with Gasteiger partial charge in [-0.05, 0) is 49.2 Å². The number of alkyl halides is 3. The molecule has 2 aliphatic rings. The number of anilines is 2. The van der Waals surface area contributed by atoms with Gasteiger partial charge in [0.15, 0.2) is 0 Å². The molecule has 0 atom stereocenters. The van der Waals surface area contributed by atoms with E-state index in [1.165, 1.54) is 47.4 Å². The van der Waals surface area contributed by atoms with Crippen molar-refractivity contribution in [1.29, 1.82) is 0 Å². The second kappa shape index (κ2) is 8.68. The normalized spacial score (nSPS) is 16.5. The summed E-state index contributed by atoms with van der Waals surface area (Å²) < 4.78 is 37.3. The maximum Gasteiger partial charge on any atom is 0.471 e. The highest BCUT2D eigenvalue weighted by Crippen LogP contribution is 2.31. The van der Waals surface area contributed by atoms with Crippen LogP contribution < -0.4 is 10.6 Å². The molecule has 33 heavy (non-hydrogen) atoms. The van der Waals surface area contributed by atoms with Gasteiger partial charge in [-0.25, -0.2) is 0 Å². The van der Waals surface area contributed by atoms with Crippen molar-refractivity contribution in [2.24, 2.45) is 0 Å². The molecular weight excluding hydrogens is 439 g/mol. The topological polar surface area (TPSA) is 95.6 Å². The third-order valence-electron chi connectivity index (χ3n) is 5.76. The van der Waals surface area contributed by atoms with Crippen LogP contribution in [0.5, 0.6) is 0 Å². The van der Waals surface area contributed by atoms with Gasteiger partial charge >= 0.3 is 12.1 Å². The second-order valence-electron chi connectivity index (χ2n) is 8.02. The molecule has 1 fully saturated rings. The molecule has 4 rings (SSSR count). The summed E-state index contributed by atoms with van der Waals surface area (Å²) in [4.78, 5) is 50.8. The summed E-state index contributed by atoms with van der Waals surface area (Å²) in [5.74, 6) is -3.53. The average Bonchev–Trinajstić information content (AvgIpc) is 3.03. The number of imide groups is 1. The molecule has 1 saturated carbocycles. The van der Waals surface area contributed by atoms with Crippen molar-refractivity contribution in [2.75, 3.05) is 10.6 Å². The van der Waals surface area contributed by atoms with E-state index in [0.29, 0.717) is 0 Å². The zero-order valence-electron chi connectivity index (χ0n) is 17.4. The molecule has 172 valence electrons. The van der Waals surface area contributed by atoms with Crippen LogP contribution >= 0.6 is 0 Å². The van der Waals surface area contributed by atoms with Crippen LogP contribution in [0.25, 0.3) is 0 Å². The van der Waals surface area contributed by atoms with E-state index in [0.717, 1.165) is 32.1 Å². The van der Waals surface area contributed by atoms with Crippen molar-refractivity contribution in [2.45, 2.75) is 44.3 Å². The van der Waals surface area contributed by atoms with E-state index in [2.05, 4.69) is 5.32 Å². The van der Waals surface area contributed by atoms with Crippen molar-refractivity contribution in [1.82, 2.24) is 4.90 Å². The minimum atomic E-state index is -5.04. The van der Waals surface area contributed by atoms with Crippen molar-refractivity contribution in [3.8, 4) is 0 Å². The van der Waals surface area contributed by atoms with Gasteiger partial charge < -0.3 is 10.6 Å². The fraction of sp³-hybridized carbons (Fsp3) is 0.304. The number of carbonyl (C=O) groups excluding carboxylic acids is 4. The first kappa shape index (κ1) is 22.5. The second-order valence-corrected chi connectivity index (χ2v) is 8.02. The number of carbonyl (C=O) groups is 4. The molecule has 1 aliphatic heterocycles. The first-order valence-electron chi connectivity index (χ1n) is 10.5. The van der Waals surface area contributed by atoms with E-state index in [9.17, 15) is 32.3 Å². The van der Waals surface area contributed by atoms with Gasteiger partial charge in [-0.15, -0.1) is 0 Å². The van der Waals surface area contributed by atoms with Crippen LogP contribution in [0.2, 0.25) is 0 Å². The lowest BCUT2D eigenvalue weighted by Crippen LogP contribution is -2.40. The van der Waals surface area contributed by atoms with Gasteiger partial charge in [0.05, 0.1) is 11.1 Å². The minimum Gasteiger partial charge on any atom is -0.322 e. The highest BCUT2D eigenvalue weighted by molar-refractivity contribution is 6.22. The Morgan fingerprint density at radius 1 is 0.848 bits per heavy atom. The molecule has 0 radical (unpaired) electrons. The van der Waals surface area contributed by atoms with Crippen molar-refractivity contribution in [3.63, 3.8) is 0 Å². The Bertz CT molecular complexity index is 1140. The van der Waals surface area contributed by atoms with E-state index >= 15 is 0 Å². The summed E-state index contributed by atoms with van der Waals surface area (Å²) in [5, 5.41) is 4.23. The van der Waals surface area contributed by atoms with Crippen LogP contribution in [-0.4, -0.2) is 40.7 Å². The van der Waals surface area contributed by atoms with Gasteiger partial charge in [-0.3, -0.25) is 24.1 Å². The standard InChI is InChI=1S/C23H20F3N3O4/c24-23(25,26)22(33)28-15-6-4-5-14(12-15)27-19(30)13-9-10-17-18(11-13)21(32)29(20(17)31)16-7-2-1-3-8-16/h4-6,9-12,16H,1-3,7-8H2,(H,27,30)(H,28,33). The van der Waals surface area contributed by atoms with Crippen molar-refractivity contribution < 1.29 is 32.3 Å². The molecule has 0 spiro atoms. The summed E-state index contributed by atoms with van der Waals surface area (Å²) in [6, 6.07) is 9.29. The molecule has 7 nitrogen and oxygen atoms in total. The van der Waals surface area contributed by atoms with E-state index in [-0.39, 0.29) is 40.0 Å². The number of nitrogens with one attached hydrogen (secondary N) is 2. The third-order valence-corrected chi connectivity index (χ3v) is 5.76. The number of hydrogen-bond acceptors (Lipinski definition) is 4. The molecule has 0 aromatic heterocycles. The van der Waals surface area contributed by atoms with Crippen LogP contribution in [0.15, 0.2) is 42.5 Å². The lowest BCUT2D eigenvalue weighted by Gasteiger charge is -2.29. The highest BCUT2D eigenvalue weighted by atomic mass is 19.4. The fourth-order valence-corrected chi connectivity index (χ4v) is 4.15. The van der Waals surface area contributed by atoms with Crippen LogP contribution in [-0.2, 0) is 4.79 Å². The molecule has 2 aromatic rings. The number of hydrogen-bond donors (Lipinski definition) is 2. The Balaban J connectivity index is 1.50. The van der Waals surface area contributed by atoms with Gasteiger partial charge in [-0.2, -0.15) is 13.2 Å². The summed E-state index contributed by atoms with van der Waals surface area (Å²) in [6.45, 7) is 0. The number of nitrogens with zero attached hydrogens (tertiary/aromatic N) is 1. The lowest BCUT2D eigenvalue weighted by atomic mass is 9.94. The van der Waals surface area contributed by atoms with Gasteiger partial charge in [0.2, 0.25) is 0 Å². The quantitative estimate of drug-likeness (QED) is 0.664. The van der Waals surface area contributed by atoms with Gasteiger partial charge in [0.25, 0.3) is 17.7 Å². The monoisotopic (exact) mass is 459 g/mol. The first-order chi connectivity index (χ1) is 15.6. The SMILES string of the molecule is O=C(Nc1cccc(NC(=O)C(F)(F)F)c1)c1ccc2c(c1)C(=O)N(C1CCCCC1)C2=O. The van der Waals surface area contributed by atoms with Crippen molar-refractivity contribution >= 4 is 35.0 Å². The molecule has 10 heteroatoms. The van der Waals surface area contributed by atoms with Gasteiger partial charge in [0, 0.05) is 23.0 Å². The molecule has 0 bridgehead atoms. The number of halogens is 3. The Kier molecular flexibility index (Phi) is 5.92. The van der Waals surface area contributed by atoms with E-state index in [4.69, 9.17) is 0 Å². The molecule has 1 aliphatic carbocycles. The Morgan fingerprint density at radius 3 is 2.15 bits per heavy atom. The average molecular weight is 459 g/mol. The van der Waals surface area contributed by atoms with Gasteiger partial charge in [0.1, 0.15) is 0 Å². The zero-order chi connectivity index (χ0) is 23.8. The van der Waals surface area contributed by atoms with Crippen LogP contribution in [0, 0.1) is 0 Å². The Labute approximate surface area is 186 Å². The Morgan fingerprint density at radius 2 is 1.48 bits per heavy atom. The minimum absolute atomic E-state index is 0.116. The smallest absolute Gasteiger partial charge is 0.322 e. The summed E-state index contributed by atoms with van der Waals surface area (Å²) in [7, 11) is 0. The summed E-state index contributed by atoms with van der Waals surface area (Å²) >= 11 is 0. The number of amides is 4. The molecule has 4 amide bonds. The molecular formula is C23H20F3N3O4. The molecule has 0 saturated heterocycles. The molecule has 2 aromatic carbocycles. The Hall–Kier alpha value is -3.69. The van der Waals surface area contributed by atoms with Gasteiger partial charge in [-0.1, -0.05) is 25.3 Å². The van der Waals surface area contributed by atoms with Crippen LogP contribution in [0.1, 0.15) is 63.2 Å². The predicted molar refractivity (Wildman–Crippen MR) is 113 cm³/mol. The van der Waals surface area contributed by atoms with Crippen molar-refractivity contribution in [3.05, 3.63) is 59.2 Å². The highest BCUT2D eigenvalue weighted by Gasteiger charge is 2.41. The van der Waals surface area contributed by atoms with Crippen LogP contribution in [0.3, 0.4) is 0 Å². The molecule has 1 heterocycles. The van der Waals surface area contributed by atoms with E-state index in [1.807, 2.05) is 0 Å². The zero-order valence-corrected chi connectivity index (χ0v) is 17.4. The molecule has 0 unspecified atom stereocenters. The fourth-order valence-electron chi connectivity index (χ4n) is 4.15. The van der Waals surface area contributed by atoms with Crippen LogP contribution in [0.4, 0.5) is 24.5 Å². The van der Waals surface area contributed by atoms with E-state index in [1.54, 1.807) is 5.32 Å². The summed E-state index contributed by atoms with van der Waals surface area (Å²) in [5.41, 5.74) is 0.521. The number of benzene rings is 2. The predicted octanol–water partition coefficient (Wildman–Crippen LogP) is 4.37. The largest absolute Gasteiger partial charge is 0.471 e. The number of fused-ring (bicyclic) bond motifs is 1. The lowest BCUT2D eigenvalue weighted by molar-refractivity contribution is -0.167. The maximum absolute atomic E-state index is 12.9. The number of rotatable bonds is 4. The third kappa shape index (κ3) is 4.59.